The van der Waals surface area contributed by atoms with Gasteiger partial charge in [0.1, 0.15) is 6.61 Å². The molecule has 1 rings (SSSR count). The first-order chi connectivity index (χ1) is 8.58. The molecule has 0 aliphatic rings. The highest BCUT2D eigenvalue weighted by molar-refractivity contribution is 5.77. The van der Waals surface area contributed by atoms with Gasteiger partial charge < -0.3 is 15.2 Å². The fraction of sp³-hybridized carbons (Fsp3) is 0.385. The maximum absolute atomic E-state index is 11.3. The van der Waals surface area contributed by atoms with Crippen molar-refractivity contribution in [3.8, 4) is 0 Å². The number of carboxylic acid groups (broad SMARTS) is 1. The molecular weight excluding hydrogens is 234 g/mol. The van der Waals surface area contributed by atoms with Gasteiger partial charge in [0.25, 0.3) is 0 Å². The van der Waals surface area contributed by atoms with Crippen LogP contribution in [0.3, 0.4) is 0 Å². The van der Waals surface area contributed by atoms with Gasteiger partial charge in [-0.1, -0.05) is 29.8 Å². The first-order valence-corrected chi connectivity index (χ1v) is 5.69. The van der Waals surface area contributed by atoms with Crippen LogP contribution < -0.4 is 5.32 Å². The minimum absolute atomic E-state index is 0.0489. The van der Waals surface area contributed by atoms with Crippen LogP contribution >= 0.6 is 0 Å². The first-order valence-electron chi connectivity index (χ1n) is 5.69. The zero-order valence-electron chi connectivity index (χ0n) is 10.3. The summed E-state index contributed by atoms with van der Waals surface area (Å²) in [6.45, 7) is 2.38. The third kappa shape index (κ3) is 6.00. The van der Waals surface area contributed by atoms with E-state index in [2.05, 4.69) is 5.32 Å². The Hall–Kier alpha value is -1.88. The molecule has 0 atom stereocenters. The first kappa shape index (κ1) is 14.2. The summed E-state index contributed by atoms with van der Waals surface area (Å²) in [6, 6.07) is 7.84. The fourth-order valence-corrected chi connectivity index (χ4v) is 1.28. The molecule has 98 valence electrons. The van der Waals surface area contributed by atoms with Crippen molar-refractivity contribution < 1.29 is 19.4 Å². The molecule has 0 saturated carbocycles. The number of nitrogens with one attached hydrogen (secondary N) is 1. The third-order valence-corrected chi connectivity index (χ3v) is 2.30. The van der Waals surface area contributed by atoms with Gasteiger partial charge in [0.05, 0.1) is 13.0 Å². The summed E-state index contributed by atoms with van der Waals surface area (Å²) < 4.78 is 4.92. The van der Waals surface area contributed by atoms with Gasteiger partial charge in [-0.15, -0.1) is 0 Å². The van der Waals surface area contributed by atoms with E-state index in [1.807, 2.05) is 31.2 Å². The fourth-order valence-electron chi connectivity index (χ4n) is 1.28. The van der Waals surface area contributed by atoms with Crippen LogP contribution in [0, 0.1) is 6.92 Å². The molecule has 5 heteroatoms. The van der Waals surface area contributed by atoms with E-state index >= 15 is 0 Å². The van der Waals surface area contributed by atoms with Crippen LogP contribution in [0.2, 0.25) is 0 Å². The Bertz CT molecular complexity index is 400. The van der Waals surface area contributed by atoms with Gasteiger partial charge in [-0.2, -0.15) is 0 Å². The smallest absolute Gasteiger partial charge is 0.305 e. The normalized spacial score (nSPS) is 10.1. The number of amides is 1. The SMILES string of the molecule is Cc1ccc(CNC(=O)COCCC(=O)O)cc1. The van der Waals surface area contributed by atoms with Crippen LogP contribution in [0.4, 0.5) is 0 Å². The molecule has 0 heterocycles. The van der Waals surface area contributed by atoms with E-state index in [4.69, 9.17) is 9.84 Å². The maximum Gasteiger partial charge on any atom is 0.305 e. The molecule has 0 bridgehead atoms. The van der Waals surface area contributed by atoms with Crippen molar-refractivity contribution in [3.05, 3.63) is 35.4 Å². The molecule has 1 aromatic rings. The number of benzene rings is 1. The van der Waals surface area contributed by atoms with Crippen molar-refractivity contribution in [2.45, 2.75) is 19.9 Å². The predicted octanol–water partition coefficient (Wildman–Crippen LogP) is 1.10. The van der Waals surface area contributed by atoms with E-state index in [-0.39, 0.29) is 25.5 Å². The van der Waals surface area contributed by atoms with Crippen LogP contribution in [-0.4, -0.2) is 30.2 Å². The number of carboxylic acids is 1. The highest BCUT2D eigenvalue weighted by Gasteiger charge is 2.02. The van der Waals surface area contributed by atoms with E-state index in [1.54, 1.807) is 0 Å². The van der Waals surface area contributed by atoms with E-state index in [0.717, 1.165) is 5.56 Å². The van der Waals surface area contributed by atoms with Gasteiger partial charge in [0.2, 0.25) is 5.91 Å². The van der Waals surface area contributed by atoms with Crippen LogP contribution in [0.1, 0.15) is 17.5 Å². The molecule has 5 nitrogen and oxygen atoms in total. The minimum Gasteiger partial charge on any atom is -0.481 e. The minimum atomic E-state index is -0.935. The number of aryl methyl sites for hydroxylation is 1. The number of aliphatic carboxylic acids is 1. The quantitative estimate of drug-likeness (QED) is 0.712. The molecule has 0 radical (unpaired) electrons. The molecule has 1 amide bonds. The topological polar surface area (TPSA) is 75.6 Å². The van der Waals surface area contributed by atoms with Gasteiger partial charge >= 0.3 is 5.97 Å². The summed E-state index contributed by atoms with van der Waals surface area (Å²) in [7, 11) is 0. The van der Waals surface area contributed by atoms with E-state index in [9.17, 15) is 9.59 Å². The Kier molecular flexibility index (Phi) is 5.87. The number of hydrogen-bond donors (Lipinski definition) is 2. The lowest BCUT2D eigenvalue weighted by atomic mass is 10.1. The highest BCUT2D eigenvalue weighted by atomic mass is 16.5. The van der Waals surface area contributed by atoms with Crippen molar-refractivity contribution >= 4 is 11.9 Å². The molecule has 18 heavy (non-hydrogen) atoms. The Balaban J connectivity index is 2.17. The third-order valence-electron chi connectivity index (χ3n) is 2.30. The second kappa shape index (κ2) is 7.45. The Labute approximate surface area is 106 Å². The zero-order valence-corrected chi connectivity index (χ0v) is 10.3. The summed E-state index contributed by atoms with van der Waals surface area (Å²) in [5.74, 6) is -1.18. The monoisotopic (exact) mass is 251 g/mol. The van der Waals surface area contributed by atoms with Crippen molar-refractivity contribution in [2.24, 2.45) is 0 Å². The van der Waals surface area contributed by atoms with Crippen molar-refractivity contribution in [1.82, 2.24) is 5.32 Å². The largest absolute Gasteiger partial charge is 0.481 e. The molecule has 0 aromatic heterocycles. The van der Waals surface area contributed by atoms with Crippen LogP contribution in [-0.2, 0) is 20.9 Å². The molecule has 2 N–H and O–H groups in total. The Morgan fingerprint density at radius 2 is 1.94 bits per heavy atom. The Morgan fingerprint density at radius 1 is 1.28 bits per heavy atom. The van der Waals surface area contributed by atoms with Gasteiger partial charge in [-0.3, -0.25) is 9.59 Å². The van der Waals surface area contributed by atoms with Crippen LogP contribution in [0.5, 0.6) is 0 Å². The number of carbonyl (C=O) groups excluding carboxylic acids is 1. The molecule has 0 unspecified atom stereocenters. The molecular formula is C13H17NO4. The molecule has 0 aliphatic heterocycles. The molecule has 0 fully saturated rings. The maximum atomic E-state index is 11.3. The average Bonchev–Trinajstić information content (AvgIpc) is 2.34. The Morgan fingerprint density at radius 3 is 2.56 bits per heavy atom. The second-order valence-electron chi connectivity index (χ2n) is 3.96. The van der Waals surface area contributed by atoms with Crippen molar-refractivity contribution in [1.29, 1.82) is 0 Å². The van der Waals surface area contributed by atoms with Gasteiger partial charge in [-0.25, -0.2) is 0 Å². The van der Waals surface area contributed by atoms with Crippen molar-refractivity contribution in [3.63, 3.8) is 0 Å². The van der Waals surface area contributed by atoms with Crippen molar-refractivity contribution in [2.75, 3.05) is 13.2 Å². The number of carbonyl (C=O) groups is 2. The molecule has 0 spiro atoms. The van der Waals surface area contributed by atoms with E-state index < -0.39 is 5.97 Å². The lowest BCUT2D eigenvalue weighted by Gasteiger charge is -2.06. The van der Waals surface area contributed by atoms with Gasteiger partial charge in [-0.05, 0) is 12.5 Å². The van der Waals surface area contributed by atoms with Gasteiger partial charge in [0.15, 0.2) is 0 Å². The van der Waals surface area contributed by atoms with E-state index in [1.165, 1.54) is 5.56 Å². The predicted molar refractivity (Wildman–Crippen MR) is 66.1 cm³/mol. The summed E-state index contributed by atoms with van der Waals surface area (Å²) in [5.41, 5.74) is 2.18. The zero-order chi connectivity index (χ0) is 13.4. The van der Waals surface area contributed by atoms with Crippen LogP contribution in [0.25, 0.3) is 0 Å². The molecule has 0 saturated heterocycles. The molecule has 0 aliphatic carbocycles. The van der Waals surface area contributed by atoms with E-state index in [0.29, 0.717) is 6.54 Å². The second-order valence-corrected chi connectivity index (χ2v) is 3.96. The number of rotatable bonds is 7. The summed E-state index contributed by atoms with van der Waals surface area (Å²) >= 11 is 0. The van der Waals surface area contributed by atoms with Gasteiger partial charge in [0, 0.05) is 6.54 Å². The summed E-state index contributed by atoms with van der Waals surface area (Å²) in [5, 5.41) is 11.1. The standard InChI is InChI=1S/C13H17NO4/c1-10-2-4-11(5-3-10)8-14-12(15)9-18-7-6-13(16)17/h2-5H,6-9H2,1H3,(H,14,15)(H,16,17). The van der Waals surface area contributed by atoms with Crippen LogP contribution in [0.15, 0.2) is 24.3 Å². The summed E-state index contributed by atoms with van der Waals surface area (Å²) in [6.07, 6.45) is -0.0920. The molecule has 1 aromatic carbocycles. The lowest BCUT2D eigenvalue weighted by molar-refractivity contribution is -0.139. The lowest BCUT2D eigenvalue weighted by Crippen LogP contribution is -2.27. The highest BCUT2D eigenvalue weighted by Crippen LogP contribution is 2.02. The summed E-state index contributed by atoms with van der Waals surface area (Å²) in [4.78, 5) is 21.5. The number of ether oxygens (including phenoxy) is 1. The average molecular weight is 251 g/mol. The number of hydrogen-bond acceptors (Lipinski definition) is 3.